The second-order valence-electron chi connectivity index (χ2n) is 1.74. The summed E-state index contributed by atoms with van der Waals surface area (Å²) in [5.41, 5.74) is 15.4. The van der Waals surface area contributed by atoms with Crippen LogP contribution in [0.4, 0.5) is 17.8 Å². The number of nitrogens with two attached hydrogens (primary N) is 3. The van der Waals surface area contributed by atoms with Gasteiger partial charge in [-0.1, -0.05) is 6.58 Å². The molecule has 0 aliphatic rings. The van der Waals surface area contributed by atoms with Crippen molar-refractivity contribution in [3.63, 3.8) is 0 Å². The zero-order valence-corrected chi connectivity index (χ0v) is 7.92. The Labute approximate surface area is 86.4 Å². The summed E-state index contributed by atoms with van der Waals surface area (Å²) in [6.45, 7) is 5.12. The number of allylic oxidation sites excluding steroid dienone is 1. The number of nitrogen functional groups attached to an aromatic ring is 3. The number of carbonyl (C=O) groups excluding carboxylic acids is 1. The lowest BCUT2D eigenvalue weighted by Gasteiger charge is -1.93. The molecule has 1 rings (SSSR count). The fourth-order valence-corrected chi connectivity index (χ4v) is 0.427. The van der Waals surface area contributed by atoms with Crippen LogP contribution in [-0.4, -0.2) is 21.7 Å². The number of rotatable bonds is 0. The van der Waals surface area contributed by atoms with Crippen LogP contribution in [0, 0.1) is 11.3 Å². The molecule has 0 spiro atoms. The summed E-state index contributed by atoms with van der Waals surface area (Å²) in [6, 6.07) is 1.69. The Kier molecular flexibility index (Phi) is 9.28. The van der Waals surface area contributed by atoms with Gasteiger partial charge in [-0.2, -0.15) is 20.2 Å². The average molecular weight is 209 g/mol. The van der Waals surface area contributed by atoms with Crippen molar-refractivity contribution in [2.24, 2.45) is 0 Å². The summed E-state index contributed by atoms with van der Waals surface area (Å²) < 4.78 is 0. The highest BCUT2D eigenvalue weighted by molar-refractivity contribution is 5.33. The van der Waals surface area contributed by atoms with E-state index < -0.39 is 0 Å². The van der Waals surface area contributed by atoms with Crippen molar-refractivity contribution in [1.29, 1.82) is 5.26 Å². The molecule has 1 heterocycles. The molecule has 0 fully saturated rings. The van der Waals surface area contributed by atoms with Gasteiger partial charge in [-0.15, -0.1) is 0 Å². The summed E-state index contributed by atoms with van der Waals surface area (Å²) in [6.07, 6.45) is 1.18. The van der Waals surface area contributed by atoms with E-state index in [-0.39, 0.29) is 17.8 Å². The number of hydrogen-bond acceptors (Lipinski definition) is 8. The molecular formula is C7H11N7O. The lowest BCUT2D eigenvalue weighted by Crippen LogP contribution is -2.05. The molecule has 0 bridgehead atoms. The van der Waals surface area contributed by atoms with Crippen molar-refractivity contribution in [2.45, 2.75) is 0 Å². The summed E-state index contributed by atoms with van der Waals surface area (Å²) in [5.74, 6) is 0.125. The van der Waals surface area contributed by atoms with Gasteiger partial charge >= 0.3 is 0 Å². The minimum Gasteiger partial charge on any atom is -0.368 e. The van der Waals surface area contributed by atoms with Gasteiger partial charge in [-0.25, -0.2) is 0 Å². The first-order valence-electron chi connectivity index (χ1n) is 3.42. The molecule has 0 aliphatic carbocycles. The third-order valence-electron chi connectivity index (χ3n) is 0.779. The molecular weight excluding hydrogens is 198 g/mol. The maximum absolute atomic E-state index is 8.00. The molecule has 0 radical (unpaired) electrons. The monoisotopic (exact) mass is 209 g/mol. The first-order valence-corrected chi connectivity index (χ1v) is 3.42. The van der Waals surface area contributed by atoms with Gasteiger partial charge in [-0.05, 0) is 0 Å². The normalized spacial score (nSPS) is 6.87. The van der Waals surface area contributed by atoms with E-state index in [1.54, 1.807) is 6.07 Å². The van der Waals surface area contributed by atoms with Crippen LogP contribution in [0.25, 0.3) is 0 Å². The highest BCUT2D eigenvalue weighted by Gasteiger charge is 1.93. The molecule has 0 aromatic carbocycles. The molecule has 1 aromatic heterocycles. The summed E-state index contributed by atoms with van der Waals surface area (Å²) >= 11 is 0. The largest absolute Gasteiger partial charge is 0.368 e. The molecule has 15 heavy (non-hydrogen) atoms. The molecule has 8 heteroatoms. The minimum atomic E-state index is 0.0417. The average Bonchev–Trinajstić information content (AvgIpc) is 2.19. The molecule has 8 nitrogen and oxygen atoms in total. The third kappa shape index (κ3) is 9.22. The predicted octanol–water partition coefficient (Wildman–Crippen LogP) is -0.871. The first kappa shape index (κ1) is 14.8. The molecule has 0 amide bonds. The van der Waals surface area contributed by atoms with Crippen LogP contribution in [0.5, 0.6) is 0 Å². The molecule has 1 aromatic rings. The fraction of sp³-hybridized carbons (Fsp3) is 0. The zero-order chi connectivity index (χ0) is 12.3. The van der Waals surface area contributed by atoms with Gasteiger partial charge in [0.2, 0.25) is 17.8 Å². The first-order chi connectivity index (χ1) is 7.10. The second kappa shape index (κ2) is 9.40. The molecule has 0 unspecified atom stereocenters. The quantitative estimate of drug-likeness (QED) is 0.465. The maximum atomic E-state index is 8.00. The van der Waals surface area contributed by atoms with Gasteiger partial charge in [0, 0.05) is 6.08 Å². The molecule has 0 aliphatic heterocycles. The van der Waals surface area contributed by atoms with Crippen molar-refractivity contribution < 1.29 is 4.79 Å². The maximum Gasteiger partial charge on any atom is 0.226 e. The number of nitriles is 1. The van der Waals surface area contributed by atoms with Crippen LogP contribution in [0.3, 0.4) is 0 Å². The minimum absolute atomic E-state index is 0.0417. The van der Waals surface area contributed by atoms with Crippen LogP contribution in [0.15, 0.2) is 12.7 Å². The highest BCUT2D eigenvalue weighted by atomic mass is 16.1. The van der Waals surface area contributed by atoms with Gasteiger partial charge in [0.25, 0.3) is 0 Å². The van der Waals surface area contributed by atoms with Gasteiger partial charge in [0.1, 0.15) is 6.79 Å². The highest BCUT2D eigenvalue weighted by Crippen LogP contribution is 1.97. The number of hydrogen-bond donors (Lipinski definition) is 3. The lowest BCUT2D eigenvalue weighted by molar-refractivity contribution is -0.0979. The fourth-order valence-electron chi connectivity index (χ4n) is 0.427. The van der Waals surface area contributed by atoms with Gasteiger partial charge in [-0.3, -0.25) is 0 Å². The van der Waals surface area contributed by atoms with Crippen LogP contribution in [0.2, 0.25) is 0 Å². The van der Waals surface area contributed by atoms with Crippen LogP contribution in [0.1, 0.15) is 0 Å². The van der Waals surface area contributed by atoms with Crippen molar-refractivity contribution in [1.82, 2.24) is 15.0 Å². The topological polar surface area (TPSA) is 158 Å². The Morgan fingerprint density at radius 2 is 1.27 bits per heavy atom. The van der Waals surface area contributed by atoms with E-state index in [1.165, 1.54) is 6.08 Å². The number of nitrogens with zero attached hydrogens (tertiary/aromatic N) is 4. The van der Waals surface area contributed by atoms with Crippen LogP contribution < -0.4 is 17.2 Å². The van der Waals surface area contributed by atoms with E-state index in [0.717, 1.165) is 0 Å². The standard InChI is InChI=1S/C3H6N6.C3H3N.CH2O/c4-1-7-2(5)9-3(6)8-1;1-2-3-4;1-2/h(H6,4,5,6,7,8,9);2H,1H2;1H2. The van der Waals surface area contributed by atoms with Gasteiger partial charge in [0.15, 0.2) is 0 Å². The molecule has 6 N–H and O–H groups in total. The van der Waals surface area contributed by atoms with Crippen molar-refractivity contribution in [2.75, 3.05) is 17.2 Å². The Balaban J connectivity index is 0. The summed E-state index contributed by atoms with van der Waals surface area (Å²) in [7, 11) is 0. The smallest absolute Gasteiger partial charge is 0.226 e. The second-order valence-corrected chi connectivity index (χ2v) is 1.74. The van der Waals surface area contributed by atoms with Gasteiger partial charge < -0.3 is 22.0 Å². The molecule has 0 atom stereocenters. The SMILES string of the molecule is C=CC#N.C=O.Nc1nc(N)nc(N)n1. The molecule has 80 valence electrons. The van der Waals surface area contributed by atoms with Crippen LogP contribution in [-0.2, 0) is 4.79 Å². The third-order valence-corrected chi connectivity index (χ3v) is 0.779. The Hall–Kier alpha value is -2.69. The summed E-state index contributed by atoms with van der Waals surface area (Å²) in [5, 5.41) is 7.51. The van der Waals surface area contributed by atoms with Crippen molar-refractivity contribution >= 4 is 24.6 Å². The van der Waals surface area contributed by atoms with E-state index >= 15 is 0 Å². The molecule has 0 saturated heterocycles. The zero-order valence-electron chi connectivity index (χ0n) is 7.92. The van der Waals surface area contributed by atoms with E-state index in [1.807, 2.05) is 6.79 Å². The van der Waals surface area contributed by atoms with Crippen molar-refractivity contribution in [3.8, 4) is 6.07 Å². The number of aromatic nitrogens is 3. The van der Waals surface area contributed by atoms with Crippen LogP contribution >= 0.6 is 0 Å². The van der Waals surface area contributed by atoms with E-state index in [4.69, 9.17) is 27.3 Å². The number of carbonyl (C=O) groups is 1. The van der Waals surface area contributed by atoms with Gasteiger partial charge in [0.05, 0.1) is 6.07 Å². The lowest BCUT2D eigenvalue weighted by atomic mass is 10.8. The van der Waals surface area contributed by atoms with E-state index in [2.05, 4.69) is 21.5 Å². The van der Waals surface area contributed by atoms with Crippen molar-refractivity contribution in [3.05, 3.63) is 12.7 Å². The predicted molar refractivity (Wildman–Crippen MR) is 56.0 cm³/mol. The molecule has 0 saturated carbocycles. The Morgan fingerprint density at radius 3 is 1.40 bits per heavy atom. The Morgan fingerprint density at radius 1 is 1.07 bits per heavy atom. The summed E-state index contributed by atoms with van der Waals surface area (Å²) in [4.78, 5) is 18.5. The van der Waals surface area contributed by atoms with E-state index in [0.29, 0.717) is 0 Å². The van der Waals surface area contributed by atoms with E-state index in [9.17, 15) is 0 Å². The number of anilines is 3. The Bertz CT molecular complexity index is 295.